The summed E-state index contributed by atoms with van der Waals surface area (Å²) in [6.07, 6.45) is 1.27. The molecule has 1 aromatic rings. The van der Waals surface area contributed by atoms with E-state index in [4.69, 9.17) is 9.84 Å². The van der Waals surface area contributed by atoms with Crippen molar-refractivity contribution in [3.8, 4) is 0 Å². The van der Waals surface area contributed by atoms with Crippen molar-refractivity contribution in [2.24, 2.45) is 5.92 Å². The van der Waals surface area contributed by atoms with Gasteiger partial charge in [-0.2, -0.15) is 0 Å². The number of hydrogen-bond donors (Lipinski definition) is 1. The number of nitrogens with zero attached hydrogens (tertiary/aromatic N) is 1. The van der Waals surface area contributed by atoms with Gasteiger partial charge in [-0.3, -0.25) is 4.79 Å². The summed E-state index contributed by atoms with van der Waals surface area (Å²) < 4.78 is 19.2. The molecule has 1 N–H and O–H groups in total. The van der Waals surface area contributed by atoms with Crippen LogP contribution in [0.5, 0.6) is 0 Å². The van der Waals surface area contributed by atoms with Gasteiger partial charge in [0.1, 0.15) is 11.4 Å². The third kappa shape index (κ3) is 4.43. The van der Waals surface area contributed by atoms with E-state index in [1.54, 1.807) is 6.07 Å². The topological polar surface area (TPSA) is 66.8 Å². The van der Waals surface area contributed by atoms with Crippen LogP contribution < -0.4 is 4.90 Å². The van der Waals surface area contributed by atoms with E-state index < -0.39 is 17.4 Å². The summed E-state index contributed by atoms with van der Waals surface area (Å²) in [5, 5.41) is 8.85. The number of carbonyl (C=O) groups is 2. The Morgan fingerprint density at radius 2 is 1.87 bits per heavy atom. The van der Waals surface area contributed by atoms with E-state index >= 15 is 0 Å². The van der Waals surface area contributed by atoms with Crippen LogP contribution >= 0.6 is 0 Å². The Morgan fingerprint density at radius 1 is 1.26 bits per heavy atom. The van der Waals surface area contributed by atoms with Crippen LogP contribution in [-0.4, -0.2) is 35.7 Å². The van der Waals surface area contributed by atoms with Gasteiger partial charge in [-0.15, -0.1) is 0 Å². The lowest BCUT2D eigenvalue weighted by Crippen LogP contribution is -2.38. The van der Waals surface area contributed by atoms with Crippen LogP contribution in [0.15, 0.2) is 18.2 Å². The van der Waals surface area contributed by atoms with Crippen LogP contribution in [0.1, 0.15) is 44.0 Å². The summed E-state index contributed by atoms with van der Waals surface area (Å²) in [5.74, 6) is -2.36. The minimum Gasteiger partial charge on any atom is -0.478 e. The molecule has 1 aliphatic rings. The summed E-state index contributed by atoms with van der Waals surface area (Å²) in [6, 6.07) is 4.10. The highest BCUT2D eigenvalue weighted by Crippen LogP contribution is 2.26. The maximum atomic E-state index is 13.8. The van der Waals surface area contributed by atoms with Crippen molar-refractivity contribution >= 4 is 17.6 Å². The van der Waals surface area contributed by atoms with Gasteiger partial charge in [0.25, 0.3) is 0 Å². The number of carbonyl (C=O) groups excluding carboxylic acids is 1. The normalized spacial score (nSPS) is 16.3. The minimum absolute atomic E-state index is 0.145. The van der Waals surface area contributed by atoms with Crippen molar-refractivity contribution in [1.82, 2.24) is 0 Å². The lowest BCUT2D eigenvalue weighted by molar-refractivity contribution is -0.160. The molecule has 0 bridgehead atoms. The van der Waals surface area contributed by atoms with Crippen LogP contribution in [0.25, 0.3) is 0 Å². The van der Waals surface area contributed by atoms with Crippen molar-refractivity contribution in [3.05, 3.63) is 29.6 Å². The average molecular weight is 323 g/mol. The molecule has 2 rings (SSSR count). The van der Waals surface area contributed by atoms with Crippen molar-refractivity contribution in [1.29, 1.82) is 0 Å². The molecule has 1 aliphatic heterocycles. The highest BCUT2D eigenvalue weighted by molar-refractivity contribution is 5.88. The number of ether oxygens (including phenoxy) is 1. The predicted molar refractivity (Wildman–Crippen MR) is 84.1 cm³/mol. The number of halogens is 1. The van der Waals surface area contributed by atoms with Crippen molar-refractivity contribution in [3.63, 3.8) is 0 Å². The van der Waals surface area contributed by atoms with Crippen LogP contribution in [-0.2, 0) is 9.53 Å². The molecule has 1 saturated heterocycles. The van der Waals surface area contributed by atoms with Crippen molar-refractivity contribution in [2.45, 2.75) is 39.2 Å². The Kier molecular flexibility index (Phi) is 4.92. The molecule has 0 atom stereocenters. The van der Waals surface area contributed by atoms with E-state index in [1.807, 2.05) is 25.7 Å². The molecule has 5 nitrogen and oxygen atoms in total. The molecule has 126 valence electrons. The lowest BCUT2D eigenvalue weighted by atomic mass is 9.96. The van der Waals surface area contributed by atoms with E-state index in [0.29, 0.717) is 31.6 Å². The number of carboxylic acids is 1. The van der Waals surface area contributed by atoms with E-state index in [2.05, 4.69) is 0 Å². The maximum Gasteiger partial charge on any atom is 0.338 e. The zero-order chi connectivity index (χ0) is 17.2. The first-order valence-electron chi connectivity index (χ1n) is 7.68. The molecular weight excluding hydrogens is 301 g/mol. The molecule has 0 aliphatic carbocycles. The van der Waals surface area contributed by atoms with Gasteiger partial charge in [0.2, 0.25) is 0 Å². The second-order valence-corrected chi connectivity index (χ2v) is 6.76. The second kappa shape index (κ2) is 6.56. The summed E-state index contributed by atoms with van der Waals surface area (Å²) in [4.78, 5) is 24.9. The van der Waals surface area contributed by atoms with E-state index in [9.17, 15) is 14.0 Å². The molecule has 0 aromatic heterocycles. The SMILES string of the molecule is CC(C)(C)OC(=O)C1CCN(c2ccc(C(=O)O)c(F)c2)CC1. The number of anilines is 1. The fraction of sp³-hybridized carbons (Fsp3) is 0.529. The van der Waals surface area contributed by atoms with Gasteiger partial charge in [0.05, 0.1) is 11.5 Å². The number of piperidine rings is 1. The summed E-state index contributed by atoms with van der Waals surface area (Å²) in [5.41, 5.74) is -0.197. The third-order valence-electron chi connectivity index (χ3n) is 3.78. The quantitative estimate of drug-likeness (QED) is 0.866. The third-order valence-corrected chi connectivity index (χ3v) is 3.78. The second-order valence-electron chi connectivity index (χ2n) is 6.76. The molecule has 1 aromatic carbocycles. The lowest BCUT2D eigenvalue weighted by Gasteiger charge is -2.34. The fourth-order valence-electron chi connectivity index (χ4n) is 2.63. The van der Waals surface area contributed by atoms with E-state index in [1.165, 1.54) is 12.1 Å². The summed E-state index contributed by atoms with van der Waals surface area (Å²) in [6.45, 7) is 6.73. The maximum absolute atomic E-state index is 13.8. The first kappa shape index (κ1) is 17.2. The first-order valence-corrected chi connectivity index (χ1v) is 7.68. The van der Waals surface area contributed by atoms with Gasteiger partial charge < -0.3 is 14.7 Å². The first-order chi connectivity index (χ1) is 10.7. The van der Waals surface area contributed by atoms with Crippen molar-refractivity contribution < 1.29 is 23.8 Å². The largest absolute Gasteiger partial charge is 0.478 e. The fourth-order valence-corrected chi connectivity index (χ4v) is 2.63. The molecular formula is C17H22FNO4. The zero-order valence-corrected chi connectivity index (χ0v) is 13.6. The Morgan fingerprint density at radius 3 is 2.35 bits per heavy atom. The predicted octanol–water partition coefficient (Wildman–Crippen LogP) is 3.08. The number of esters is 1. The molecule has 0 radical (unpaired) electrons. The molecule has 1 fully saturated rings. The van der Waals surface area contributed by atoms with Crippen LogP contribution in [0.2, 0.25) is 0 Å². The van der Waals surface area contributed by atoms with E-state index in [0.717, 1.165) is 0 Å². The Labute approximate surface area is 135 Å². The van der Waals surface area contributed by atoms with Gasteiger partial charge in [0, 0.05) is 18.8 Å². The number of aromatic carboxylic acids is 1. The van der Waals surface area contributed by atoms with Gasteiger partial charge in [-0.05, 0) is 51.8 Å². The summed E-state index contributed by atoms with van der Waals surface area (Å²) >= 11 is 0. The molecule has 0 spiro atoms. The molecule has 0 unspecified atom stereocenters. The zero-order valence-electron chi connectivity index (χ0n) is 13.6. The smallest absolute Gasteiger partial charge is 0.338 e. The molecule has 1 heterocycles. The highest BCUT2D eigenvalue weighted by atomic mass is 19.1. The Bertz CT molecular complexity index is 601. The Balaban J connectivity index is 1.98. The average Bonchev–Trinajstić information content (AvgIpc) is 2.45. The van der Waals surface area contributed by atoms with Crippen LogP contribution in [0.4, 0.5) is 10.1 Å². The van der Waals surface area contributed by atoms with Gasteiger partial charge in [-0.25, -0.2) is 9.18 Å². The monoisotopic (exact) mass is 323 g/mol. The van der Waals surface area contributed by atoms with E-state index in [-0.39, 0.29) is 17.5 Å². The highest BCUT2D eigenvalue weighted by Gasteiger charge is 2.29. The van der Waals surface area contributed by atoms with Gasteiger partial charge >= 0.3 is 11.9 Å². The molecule has 6 heteroatoms. The molecule has 0 saturated carbocycles. The number of benzene rings is 1. The van der Waals surface area contributed by atoms with Crippen LogP contribution in [0, 0.1) is 11.7 Å². The minimum atomic E-state index is -1.28. The number of rotatable bonds is 3. The molecule has 23 heavy (non-hydrogen) atoms. The molecule has 0 amide bonds. The van der Waals surface area contributed by atoms with Gasteiger partial charge in [-0.1, -0.05) is 0 Å². The van der Waals surface area contributed by atoms with Crippen LogP contribution in [0.3, 0.4) is 0 Å². The standard InChI is InChI=1S/C17H22FNO4/c1-17(2,3)23-16(22)11-6-8-19(9-7-11)12-4-5-13(15(20)21)14(18)10-12/h4-5,10-11H,6-9H2,1-3H3,(H,20,21). The van der Waals surface area contributed by atoms with Gasteiger partial charge in [0.15, 0.2) is 0 Å². The summed E-state index contributed by atoms with van der Waals surface area (Å²) in [7, 11) is 0. The van der Waals surface area contributed by atoms with Crippen molar-refractivity contribution in [2.75, 3.05) is 18.0 Å². The number of carboxylic acid groups (broad SMARTS) is 1. The Hall–Kier alpha value is -2.11. The number of hydrogen-bond acceptors (Lipinski definition) is 4.